The van der Waals surface area contributed by atoms with E-state index in [1.54, 1.807) is 16.7 Å². The zero-order valence-corrected chi connectivity index (χ0v) is 13.5. The van der Waals surface area contributed by atoms with E-state index < -0.39 is 17.7 Å². The number of fused-ring (bicyclic) bond motifs is 1. The van der Waals surface area contributed by atoms with Crippen molar-refractivity contribution >= 4 is 28.7 Å². The summed E-state index contributed by atoms with van der Waals surface area (Å²) in [5.41, 5.74) is 1.95. The first kappa shape index (κ1) is 16.0. The number of benzene rings is 1. The SMILES string of the molecule is Cn1c(CO)nc2cc(NC=C3C(=O)OC(C)(C)OC3=O)ccc21. The number of anilines is 1. The molecule has 0 amide bonds. The number of carbonyl (C=O) groups excluding carboxylic acids is 2. The van der Waals surface area contributed by atoms with Crippen molar-refractivity contribution in [1.82, 2.24) is 9.55 Å². The van der Waals surface area contributed by atoms with E-state index in [1.165, 1.54) is 20.0 Å². The van der Waals surface area contributed by atoms with Crippen molar-refractivity contribution in [2.75, 3.05) is 5.32 Å². The molecule has 24 heavy (non-hydrogen) atoms. The van der Waals surface area contributed by atoms with Crippen LogP contribution >= 0.6 is 0 Å². The molecule has 1 aromatic heterocycles. The minimum absolute atomic E-state index is 0.161. The number of esters is 2. The molecule has 3 rings (SSSR count). The number of aliphatic hydroxyl groups excluding tert-OH is 1. The molecule has 2 aromatic rings. The van der Waals surface area contributed by atoms with Gasteiger partial charge in [-0.2, -0.15) is 0 Å². The van der Waals surface area contributed by atoms with E-state index in [0.717, 1.165) is 5.52 Å². The number of aryl methyl sites for hydroxylation is 1. The van der Waals surface area contributed by atoms with Crippen LogP contribution in [-0.4, -0.2) is 32.4 Å². The molecule has 1 aliphatic rings. The van der Waals surface area contributed by atoms with Gasteiger partial charge in [-0.1, -0.05) is 0 Å². The molecule has 8 heteroatoms. The summed E-state index contributed by atoms with van der Waals surface area (Å²) in [5, 5.41) is 12.1. The highest BCUT2D eigenvalue weighted by molar-refractivity contribution is 6.15. The van der Waals surface area contributed by atoms with Gasteiger partial charge in [0.15, 0.2) is 5.57 Å². The summed E-state index contributed by atoms with van der Waals surface area (Å²) in [6.45, 7) is 2.81. The fraction of sp³-hybridized carbons (Fsp3) is 0.312. The molecule has 8 nitrogen and oxygen atoms in total. The van der Waals surface area contributed by atoms with Gasteiger partial charge < -0.3 is 24.5 Å². The number of nitrogens with one attached hydrogen (secondary N) is 1. The molecule has 0 saturated carbocycles. The zero-order valence-electron chi connectivity index (χ0n) is 13.5. The first-order chi connectivity index (χ1) is 11.3. The molecule has 0 aliphatic carbocycles. The predicted octanol–water partition coefficient (Wildman–Crippen LogP) is 1.20. The van der Waals surface area contributed by atoms with Gasteiger partial charge in [-0.05, 0) is 18.2 Å². The second-order valence-corrected chi connectivity index (χ2v) is 5.83. The van der Waals surface area contributed by atoms with Gasteiger partial charge in [0.2, 0.25) is 0 Å². The maximum atomic E-state index is 11.9. The van der Waals surface area contributed by atoms with Crippen molar-refractivity contribution in [3.05, 3.63) is 35.8 Å². The summed E-state index contributed by atoms with van der Waals surface area (Å²) in [5.74, 6) is -2.21. The van der Waals surface area contributed by atoms with Gasteiger partial charge in [-0.25, -0.2) is 14.6 Å². The first-order valence-electron chi connectivity index (χ1n) is 7.30. The second kappa shape index (κ2) is 5.64. The monoisotopic (exact) mass is 331 g/mol. The predicted molar refractivity (Wildman–Crippen MR) is 84.6 cm³/mol. The molecule has 1 saturated heterocycles. The quantitative estimate of drug-likeness (QED) is 0.495. The standard InChI is InChI=1S/C16H17N3O5/c1-16(2)23-14(21)10(15(22)24-16)7-17-9-4-5-12-11(6-9)18-13(8-20)19(12)3/h4-7,17,20H,8H2,1-3H3. The van der Waals surface area contributed by atoms with E-state index in [-0.39, 0.29) is 12.2 Å². The normalized spacial score (nSPS) is 16.8. The lowest BCUT2D eigenvalue weighted by Crippen LogP contribution is -2.42. The highest BCUT2D eigenvalue weighted by atomic mass is 16.7. The Morgan fingerprint density at radius 1 is 1.29 bits per heavy atom. The smallest absolute Gasteiger partial charge is 0.350 e. The summed E-state index contributed by atoms with van der Waals surface area (Å²) in [6.07, 6.45) is 1.25. The Morgan fingerprint density at radius 2 is 1.96 bits per heavy atom. The van der Waals surface area contributed by atoms with Crippen LogP contribution < -0.4 is 5.32 Å². The van der Waals surface area contributed by atoms with E-state index >= 15 is 0 Å². The second-order valence-electron chi connectivity index (χ2n) is 5.83. The molecular formula is C16H17N3O5. The van der Waals surface area contributed by atoms with E-state index in [9.17, 15) is 14.7 Å². The van der Waals surface area contributed by atoms with Crippen LogP contribution in [-0.2, 0) is 32.7 Å². The third kappa shape index (κ3) is 2.83. The van der Waals surface area contributed by atoms with Crippen LogP contribution in [0.4, 0.5) is 5.69 Å². The number of cyclic esters (lactones) is 2. The lowest BCUT2D eigenvalue weighted by Gasteiger charge is -2.29. The van der Waals surface area contributed by atoms with Crippen LogP contribution in [0.25, 0.3) is 11.0 Å². The fourth-order valence-electron chi connectivity index (χ4n) is 2.41. The minimum atomic E-state index is -1.26. The molecule has 0 spiro atoms. The van der Waals surface area contributed by atoms with Crippen LogP contribution in [0, 0.1) is 0 Å². The Morgan fingerprint density at radius 3 is 2.58 bits per heavy atom. The van der Waals surface area contributed by atoms with Crippen molar-refractivity contribution in [2.24, 2.45) is 7.05 Å². The molecular weight excluding hydrogens is 314 g/mol. The number of hydrogen-bond donors (Lipinski definition) is 2. The van der Waals surface area contributed by atoms with Gasteiger partial charge in [-0.3, -0.25) is 0 Å². The third-order valence-corrected chi connectivity index (χ3v) is 3.61. The van der Waals surface area contributed by atoms with E-state index in [0.29, 0.717) is 17.0 Å². The molecule has 1 aromatic carbocycles. The highest BCUT2D eigenvalue weighted by Crippen LogP contribution is 2.24. The van der Waals surface area contributed by atoms with Gasteiger partial charge >= 0.3 is 11.9 Å². The van der Waals surface area contributed by atoms with Gasteiger partial charge in [0, 0.05) is 32.8 Å². The number of carbonyl (C=O) groups is 2. The van der Waals surface area contributed by atoms with Crippen molar-refractivity contribution in [3.8, 4) is 0 Å². The van der Waals surface area contributed by atoms with Crippen LogP contribution in [0.5, 0.6) is 0 Å². The minimum Gasteiger partial charge on any atom is -0.419 e. The van der Waals surface area contributed by atoms with Gasteiger partial charge in [0.05, 0.1) is 11.0 Å². The van der Waals surface area contributed by atoms with Crippen molar-refractivity contribution in [2.45, 2.75) is 26.2 Å². The van der Waals surface area contributed by atoms with Gasteiger partial charge in [0.25, 0.3) is 5.79 Å². The number of aliphatic hydroxyl groups is 1. The third-order valence-electron chi connectivity index (χ3n) is 3.61. The molecule has 0 unspecified atom stereocenters. The average molecular weight is 331 g/mol. The van der Waals surface area contributed by atoms with Crippen molar-refractivity contribution in [3.63, 3.8) is 0 Å². The van der Waals surface area contributed by atoms with Crippen LogP contribution in [0.3, 0.4) is 0 Å². The first-order valence-corrected chi connectivity index (χ1v) is 7.30. The van der Waals surface area contributed by atoms with E-state index in [1.807, 2.05) is 13.1 Å². The summed E-state index contributed by atoms with van der Waals surface area (Å²) in [4.78, 5) is 28.0. The highest BCUT2D eigenvalue weighted by Gasteiger charge is 2.38. The van der Waals surface area contributed by atoms with Gasteiger partial charge in [-0.15, -0.1) is 0 Å². The average Bonchev–Trinajstić information content (AvgIpc) is 2.81. The molecule has 2 N–H and O–H groups in total. The largest absolute Gasteiger partial charge is 0.419 e. The van der Waals surface area contributed by atoms with Gasteiger partial charge in [0.1, 0.15) is 12.4 Å². The molecule has 1 fully saturated rings. The Balaban J connectivity index is 1.85. The Hall–Kier alpha value is -2.87. The van der Waals surface area contributed by atoms with Crippen LogP contribution in [0.2, 0.25) is 0 Å². The van der Waals surface area contributed by atoms with E-state index in [2.05, 4.69) is 10.3 Å². The fourth-order valence-corrected chi connectivity index (χ4v) is 2.41. The molecule has 0 atom stereocenters. The molecule has 126 valence electrons. The maximum absolute atomic E-state index is 11.9. The molecule has 1 aliphatic heterocycles. The Labute approximate surface area is 137 Å². The number of imidazole rings is 1. The molecule has 2 heterocycles. The zero-order chi connectivity index (χ0) is 17.5. The van der Waals surface area contributed by atoms with E-state index in [4.69, 9.17) is 9.47 Å². The lowest BCUT2D eigenvalue weighted by atomic mass is 10.2. The number of nitrogens with zero attached hydrogens (tertiary/aromatic N) is 2. The summed E-state index contributed by atoms with van der Waals surface area (Å²) in [7, 11) is 1.81. The van der Waals surface area contributed by atoms with Crippen molar-refractivity contribution < 1.29 is 24.2 Å². The van der Waals surface area contributed by atoms with Crippen LogP contribution in [0.15, 0.2) is 30.0 Å². The summed E-state index contributed by atoms with van der Waals surface area (Å²) in [6, 6.07) is 5.34. The van der Waals surface area contributed by atoms with Crippen molar-refractivity contribution in [1.29, 1.82) is 0 Å². The lowest BCUT2D eigenvalue weighted by molar-refractivity contribution is -0.222. The molecule has 0 radical (unpaired) electrons. The summed E-state index contributed by atoms with van der Waals surface area (Å²) >= 11 is 0. The number of ether oxygens (including phenoxy) is 2. The Kier molecular flexibility index (Phi) is 3.76. The van der Waals surface area contributed by atoms with Crippen LogP contribution in [0.1, 0.15) is 19.7 Å². The number of aromatic nitrogens is 2. The topological polar surface area (TPSA) is 103 Å². The Bertz CT molecular complexity index is 844. The maximum Gasteiger partial charge on any atom is 0.350 e. The number of rotatable bonds is 3. The summed E-state index contributed by atoms with van der Waals surface area (Å²) < 4.78 is 11.8. The number of hydrogen-bond acceptors (Lipinski definition) is 7. The molecule has 0 bridgehead atoms.